The molecule has 3 rings (SSSR count). The number of rotatable bonds is 5. The molecule has 0 saturated carbocycles. The molecule has 0 amide bonds. The normalized spacial score (nSPS) is 30.7. The lowest BCUT2D eigenvalue weighted by Gasteiger charge is -2.53. The van der Waals surface area contributed by atoms with Crippen molar-refractivity contribution in [1.29, 1.82) is 0 Å². The molecule has 2 nitrogen and oxygen atoms in total. The number of fused-ring (bicyclic) bond motifs is 1. The predicted octanol–water partition coefficient (Wildman–Crippen LogP) is 5.16. The molecule has 0 saturated heterocycles. The fourth-order valence-electron chi connectivity index (χ4n) is 4.58. The van der Waals surface area contributed by atoms with Gasteiger partial charge in [-0.05, 0) is 36.0 Å². The second-order valence-corrected chi connectivity index (χ2v) is 9.03. The molecule has 25 heavy (non-hydrogen) atoms. The third kappa shape index (κ3) is 3.37. The number of allylic oxidation sites excluding steroid dienone is 3. The number of carbonyl (C=O) groups excluding carboxylic acids is 1. The van der Waals surface area contributed by atoms with Crippen molar-refractivity contribution in [3.63, 3.8) is 0 Å². The molecule has 2 aliphatic carbocycles. The van der Waals surface area contributed by atoms with Crippen LogP contribution in [0, 0.1) is 22.7 Å². The molecule has 0 fully saturated rings. The molecule has 1 aromatic rings. The molecular formula is C22H28O2S. The Hall–Kier alpha value is -1.32. The van der Waals surface area contributed by atoms with Crippen molar-refractivity contribution in [2.24, 2.45) is 22.7 Å². The van der Waals surface area contributed by atoms with Crippen LogP contribution in [0.2, 0.25) is 0 Å². The summed E-state index contributed by atoms with van der Waals surface area (Å²) in [5.41, 5.74) is 1.01. The van der Waals surface area contributed by atoms with Crippen LogP contribution in [0.3, 0.4) is 0 Å². The van der Waals surface area contributed by atoms with E-state index in [4.69, 9.17) is 4.74 Å². The molecular weight excluding hydrogens is 328 g/mol. The fourth-order valence-corrected chi connectivity index (χ4v) is 5.58. The molecule has 3 heteroatoms. The van der Waals surface area contributed by atoms with E-state index in [-0.39, 0.29) is 22.5 Å². The fraction of sp³-hybridized carbons (Fsp3) is 0.500. The summed E-state index contributed by atoms with van der Waals surface area (Å²) in [6.45, 7) is 7.26. The number of ketones is 1. The van der Waals surface area contributed by atoms with E-state index in [1.54, 1.807) is 7.11 Å². The van der Waals surface area contributed by atoms with E-state index >= 15 is 0 Å². The van der Waals surface area contributed by atoms with Crippen LogP contribution in [-0.2, 0) is 9.53 Å². The summed E-state index contributed by atoms with van der Waals surface area (Å²) in [5.74, 6) is 1.64. The van der Waals surface area contributed by atoms with Crippen molar-refractivity contribution in [2.75, 3.05) is 19.5 Å². The van der Waals surface area contributed by atoms with Crippen molar-refractivity contribution in [1.82, 2.24) is 0 Å². The second kappa shape index (κ2) is 7.13. The lowest BCUT2D eigenvalue weighted by molar-refractivity contribution is -0.135. The Labute approximate surface area is 155 Å². The Morgan fingerprint density at radius 1 is 1.20 bits per heavy atom. The highest BCUT2D eigenvalue weighted by atomic mass is 32.2. The smallest absolute Gasteiger partial charge is 0.162 e. The van der Waals surface area contributed by atoms with Gasteiger partial charge in [0.2, 0.25) is 0 Å². The van der Waals surface area contributed by atoms with Gasteiger partial charge in [0, 0.05) is 29.1 Å². The quantitative estimate of drug-likeness (QED) is 0.538. The predicted molar refractivity (Wildman–Crippen MR) is 105 cm³/mol. The highest BCUT2D eigenvalue weighted by Crippen LogP contribution is 2.56. The van der Waals surface area contributed by atoms with Gasteiger partial charge in [0.05, 0.1) is 6.61 Å². The Balaban J connectivity index is 1.90. The van der Waals surface area contributed by atoms with Crippen LogP contribution >= 0.6 is 11.8 Å². The molecule has 0 spiro atoms. The van der Waals surface area contributed by atoms with Gasteiger partial charge < -0.3 is 4.74 Å². The van der Waals surface area contributed by atoms with Gasteiger partial charge in [-0.1, -0.05) is 56.7 Å². The highest BCUT2D eigenvalue weighted by Gasteiger charge is 2.55. The first-order chi connectivity index (χ1) is 11.9. The van der Waals surface area contributed by atoms with Gasteiger partial charge in [0.15, 0.2) is 5.78 Å². The van der Waals surface area contributed by atoms with Crippen molar-refractivity contribution < 1.29 is 9.53 Å². The van der Waals surface area contributed by atoms with Crippen LogP contribution in [0.1, 0.15) is 27.2 Å². The number of hydrogen-bond acceptors (Lipinski definition) is 3. The molecule has 0 aromatic heterocycles. The van der Waals surface area contributed by atoms with E-state index in [2.05, 4.69) is 57.2 Å². The molecule has 2 aliphatic rings. The third-order valence-corrected chi connectivity index (χ3v) is 7.17. The molecule has 0 aliphatic heterocycles. The molecule has 0 radical (unpaired) electrons. The maximum Gasteiger partial charge on any atom is 0.162 e. The number of methoxy groups -OCH3 is 1. The van der Waals surface area contributed by atoms with Crippen LogP contribution in [0.25, 0.3) is 0 Å². The molecule has 3 atom stereocenters. The minimum Gasteiger partial charge on any atom is -0.384 e. The summed E-state index contributed by atoms with van der Waals surface area (Å²) in [6.07, 6.45) is 7.25. The van der Waals surface area contributed by atoms with Crippen LogP contribution < -0.4 is 0 Å². The van der Waals surface area contributed by atoms with E-state index in [0.717, 1.165) is 12.2 Å². The zero-order valence-corrected chi connectivity index (χ0v) is 16.4. The standard InChI is InChI=1S/C22H28O2S/c1-21(2)13-12-20(23)22(3)18(14-24-4)16(10-11-19(21)22)15-25-17-8-6-5-7-9-17/h5-10,12-13,18-19H,11,14-15H2,1-4H3/t18-,19-,22-/m0/s1. The largest absolute Gasteiger partial charge is 0.384 e. The van der Waals surface area contributed by atoms with Gasteiger partial charge in [-0.15, -0.1) is 11.8 Å². The van der Waals surface area contributed by atoms with Crippen LogP contribution in [-0.4, -0.2) is 25.3 Å². The zero-order valence-electron chi connectivity index (χ0n) is 15.6. The van der Waals surface area contributed by atoms with Crippen LogP contribution in [0.15, 0.2) is 59.0 Å². The molecule has 0 bridgehead atoms. The van der Waals surface area contributed by atoms with E-state index < -0.39 is 0 Å². The van der Waals surface area contributed by atoms with E-state index in [1.165, 1.54) is 10.5 Å². The first-order valence-corrected chi connectivity index (χ1v) is 9.97. The summed E-state index contributed by atoms with van der Waals surface area (Å²) in [4.78, 5) is 14.2. The molecule has 1 aromatic carbocycles. The van der Waals surface area contributed by atoms with Gasteiger partial charge in [0.25, 0.3) is 0 Å². The molecule has 0 heterocycles. The van der Waals surface area contributed by atoms with Crippen LogP contribution in [0.4, 0.5) is 0 Å². The van der Waals surface area contributed by atoms with Gasteiger partial charge in [0.1, 0.15) is 0 Å². The van der Waals surface area contributed by atoms with Crippen molar-refractivity contribution in [3.8, 4) is 0 Å². The van der Waals surface area contributed by atoms with Crippen molar-refractivity contribution in [3.05, 3.63) is 54.1 Å². The van der Waals surface area contributed by atoms with Crippen LogP contribution in [0.5, 0.6) is 0 Å². The minimum atomic E-state index is -0.379. The second-order valence-electron chi connectivity index (χ2n) is 7.98. The summed E-state index contributed by atoms with van der Waals surface area (Å²) in [7, 11) is 1.74. The number of hydrogen-bond donors (Lipinski definition) is 0. The molecule has 0 unspecified atom stereocenters. The number of benzene rings is 1. The average molecular weight is 357 g/mol. The third-order valence-electron chi connectivity index (χ3n) is 6.09. The first kappa shape index (κ1) is 18.5. The van der Waals surface area contributed by atoms with Gasteiger partial charge in [-0.25, -0.2) is 0 Å². The first-order valence-electron chi connectivity index (χ1n) is 8.99. The van der Waals surface area contributed by atoms with Crippen molar-refractivity contribution >= 4 is 17.5 Å². The van der Waals surface area contributed by atoms with E-state index in [1.807, 2.05) is 23.9 Å². The summed E-state index contributed by atoms with van der Waals surface area (Å²) in [6, 6.07) is 10.5. The number of ether oxygens (including phenoxy) is 1. The monoisotopic (exact) mass is 356 g/mol. The molecule has 0 N–H and O–H groups in total. The van der Waals surface area contributed by atoms with Gasteiger partial charge >= 0.3 is 0 Å². The van der Waals surface area contributed by atoms with Crippen molar-refractivity contribution in [2.45, 2.75) is 32.1 Å². The minimum absolute atomic E-state index is 0.0310. The number of carbonyl (C=O) groups is 1. The average Bonchev–Trinajstić information content (AvgIpc) is 2.60. The lowest BCUT2D eigenvalue weighted by Crippen LogP contribution is -2.53. The van der Waals surface area contributed by atoms with Gasteiger partial charge in [-0.2, -0.15) is 0 Å². The number of thioether (sulfide) groups is 1. The SMILES string of the molecule is COC[C@H]1C(CSc2ccccc2)=CC[C@H]2C(C)(C)C=CC(=O)[C@@]12C. The van der Waals surface area contributed by atoms with Gasteiger partial charge in [-0.3, -0.25) is 4.79 Å². The summed E-state index contributed by atoms with van der Waals surface area (Å²) >= 11 is 1.84. The summed E-state index contributed by atoms with van der Waals surface area (Å²) in [5, 5.41) is 0. The maximum absolute atomic E-state index is 13.0. The van der Waals surface area contributed by atoms with E-state index in [0.29, 0.717) is 12.5 Å². The lowest BCUT2D eigenvalue weighted by atomic mass is 9.50. The Bertz CT molecular complexity index is 689. The maximum atomic E-state index is 13.0. The Morgan fingerprint density at radius 2 is 1.92 bits per heavy atom. The Kier molecular flexibility index (Phi) is 5.26. The highest BCUT2D eigenvalue weighted by molar-refractivity contribution is 7.99. The Morgan fingerprint density at radius 3 is 2.60 bits per heavy atom. The van der Waals surface area contributed by atoms with E-state index in [9.17, 15) is 4.79 Å². The molecule has 134 valence electrons. The topological polar surface area (TPSA) is 26.3 Å². The zero-order chi connectivity index (χ0) is 18.1. The summed E-state index contributed by atoms with van der Waals surface area (Å²) < 4.78 is 5.57.